The number of aromatic nitrogens is 1. The lowest BCUT2D eigenvalue weighted by Crippen LogP contribution is -2.50. The van der Waals surface area contributed by atoms with Gasteiger partial charge in [0.05, 0.1) is 17.7 Å². The van der Waals surface area contributed by atoms with Gasteiger partial charge >= 0.3 is 0 Å². The van der Waals surface area contributed by atoms with Crippen molar-refractivity contribution in [3.05, 3.63) is 90.3 Å². The summed E-state index contributed by atoms with van der Waals surface area (Å²) in [5, 5.41) is 0. The van der Waals surface area contributed by atoms with Gasteiger partial charge in [0.25, 0.3) is 0 Å². The Morgan fingerprint density at radius 1 is 0.943 bits per heavy atom. The van der Waals surface area contributed by atoms with Crippen molar-refractivity contribution >= 4 is 22.0 Å². The number of benzene rings is 2. The van der Waals surface area contributed by atoms with Crippen molar-refractivity contribution in [3.8, 4) is 11.5 Å². The van der Waals surface area contributed by atoms with Gasteiger partial charge in [-0.2, -0.15) is 4.31 Å². The molecule has 1 aliphatic heterocycles. The van der Waals surface area contributed by atoms with E-state index in [2.05, 4.69) is 4.98 Å². The fourth-order valence-corrected chi connectivity index (χ4v) is 5.06. The second-order valence-electron chi connectivity index (χ2n) is 7.92. The lowest BCUT2D eigenvalue weighted by molar-refractivity contribution is -0.127. The van der Waals surface area contributed by atoms with Crippen molar-refractivity contribution in [2.75, 3.05) is 33.3 Å². The van der Waals surface area contributed by atoms with Gasteiger partial charge in [0.15, 0.2) is 0 Å². The standard InChI is InChI=1S/C26H27N3O5S/c1-33-23-10-12-25(13-11-23)35(31,32)29-18-16-28(17-19-29)26(30)14-7-21-5-8-24(9-6-21)34-20-22-4-2-3-15-27-22/h2-15H,16-20H2,1H3/b14-7+. The normalized spacial score (nSPS) is 14.7. The summed E-state index contributed by atoms with van der Waals surface area (Å²) in [4.78, 5) is 18.7. The van der Waals surface area contributed by atoms with E-state index in [9.17, 15) is 13.2 Å². The molecular weight excluding hydrogens is 466 g/mol. The van der Waals surface area contributed by atoms with E-state index >= 15 is 0 Å². The van der Waals surface area contributed by atoms with Gasteiger partial charge in [-0.05, 0) is 60.2 Å². The van der Waals surface area contributed by atoms with Crippen LogP contribution in [0.2, 0.25) is 0 Å². The Hall–Kier alpha value is -3.69. The number of carbonyl (C=O) groups excluding carboxylic acids is 1. The molecule has 1 fully saturated rings. The van der Waals surface area contributed by atoms with E-state index in [4.69, 9.17) is 9.47 Å². The zero-order valence-electron chi connectivity index (χ0n) is 19.4. The van der Waals surface area contributed by atoms with Crippen LogP contribution in [0.3, 0.4) is 0 Å². The molecule has 8 nitrogen and oxygen atoms in total. The van der Waals surface area contributed by atoms with E-state index in [0.29, 0.717) is 31.2 Å². The third-order valence-electron chi connectivity index (χ3n) is 5.66. The third-order valence-corrected chi connectivity index (χ3v) is 7.57. The quantitative estimate of drug-likeness (QED) is 0.448. The zero-order chi connectivity index (χ0) is 24.7. The first-order chi connectivity index (χ1) is 17.0. The first kappa shape index (κ1) is 24.4. The van der Waals surface area contributed by atoms with Crippen LogP contribution in [-0.2, 0) is 21.4 Å². The summed E-state index contributed by atoms with van der Waals surface area (Å²) in [6.45, 7) is 1.54. The Bertz CT molecular complexity index is 1250. The van der Waals surface area contributed by atoms with Crippen molar-refractivity contribution in [2.45, 2.75) is 11.5 Å². The van der Waals surface area contributed by atoms with E-state index in [1.807, 2.05) is 42.5 Å². The third kappa shape index (κ3) is 6.26. The van der Waals surface area contributed by atoms with Crippen molar-refractivity contribution < 1.29 is 22.7 Å². The summed E-state index contributed by atoms with van der Waals surface area (Å²) in [5.74, 6) is 1.16. The van der Waals surface area contributed by atoms with Crippen LogP contribution in [0.4, 0.5) is 0 Å². The number of hydrogen-bond acceptors (Lipinski definition) is 6. The fraction of sp³-hybridized carbons (Fsp3) is 0.231. The number of piperazine rings is 1. The maximum atomic E-state index is 12.9. The topological polar surface area (TPSA) is 89.0 Å². The summed E-state index contributed by atoms with van der Waals surface area (Å²) in [5.41, 5.74) is 1.71. The summed E-state index contributed by atoms with van der Waals surface area (Å²) in [6.07, 6.45) is 4.98. The van der Waals surface area contributed by atoms with Gasteiger partial charge in [-0.25, -0.2) is 8.42 Å². The zero-order valence-corrected chi connectivity index (χ0v) is 20.2. The summed E-state index contributed by atoms with van der Waals surface area (Å²) in [6, 6.07) is 19.4. The number of amides is 1. The molecule has 4 rings (SSSR count). The molecule has 1 aromatic heterocycles. The number of sulfonamides is 1. The molecule has 1 amide bonds. The Labute approximate surface area is 205 Å². The number of ether oxygens (including phenoxy) is 2. The number of nitrogens with zero attached hydrogens (tertiary/aromatic N) is 3. The number of methoxy groups -OCH3 is 1. The van der Waals surface area contributed by atoms with Gasteiger partial charge < -0.3 is 14.4 Å². The summed E-state index contributed by atoms with van der Waals surface area (Å²) < 4.78 is 38.0. The number of pyridine rings is 1. The van der Waals surface area contributed by atoms with Crippen molar-refractivity contribution in [3.63, 3.8) is 0 Å². The number of rotatable bonds is 8. The summed E-state index contributed by atoms with van der Waals surface area (Å²) in [7, 11) is -2.08. The number of hydrogen-bond donors (Lipinski definition) is 0. The van der Waals surface area contributed by atoms with Crippen LogP contribution in [-0.4, -0.2) is 61.8 Å². The van der Waals surface area contributed by atoms with E-state index in [1.165, 1.54) is 29.6 Å². The largest absolute Gasteiger partial charge is 0.497 e. The minimum absolute atomic E-state index is 0.151. The van der Waals surface area contributed by atoms with E-state index in [-0.39, 0.29) is 23.9 Å². The fourth-order valence-electron chi connectivity index (χ4n) is 3.63. The molecular formula is C26H27N3O5S. The molecule has 0 aliphatic carbocycles. The molecule has 2 aromatic carbocycles. The van der Waals surface area contributed by atoms with Crippen LogP contribution in [0.25, 0.3) is 6.08 Å². The molecule has 9 heteroatoms. The van der Waals surface area contributed by atoms with Gasteiger partial charge in [0, 0.05) is 38.5 Å². The van der Waals surface area contributed by atoms with Crippen LogP contribution in [0.1, 0.15) is 11.3 Å². The van der Waals surface area contributed by atoms with Gasteiger partial charge in [0.1, 0.15) is 18.1 Å². The SMILES string of the molecule is COc1ccc(S(=O)(=O)N2CCN(C(=O)/C=C/c3ccc(OCc4ccccn4)cc3)CC2)cc1. The van der Waals surface area contributed by atoms with Gasteiger partial charge in [-0.3, -0.25) is 9.78 Å². The van der Waals surface area contributed by atoms with E-state index in [0.717, 1.165) is 11.3 Å². The second-order valence-corrected chi connectivity index (χ2v) is 9.85. The molecule has 0 saturated carbocycles. The van der Waals surface area contributed by atoms with E-state index < -0.39 is 10.0 Å². The highest BCUT2D eigenvalue weighted by molar-refractivity contribution is 7.89. The summed E-state index contributed by atoms with van der Waals surface area (Å²) >= 11 is 0. The molecule has 3 aromatic rings. The van der Waals surface area contributed by atoms with Crippen LogP contribution < -0.4 is 9.47 Å². The van der Waals surface area contributed by atoms with Gasteiger partial charge in [-0.1, -0.05) is 18.2 Å². The Balaban J connectivity index is 1.28. The highest BCUT2D eigenvalue weighted by Crippen LogP contribution is 2.21. The maximum absolute atomic E-state index is 12.9. The van der Waals surface area contributed by atoms with E-state index in [1.54, 1.807) is 29.3 Å². The van der Waals surface area contributed by atoms with Crippen molar-refractivity contribution in [1.29, 1.82) is 0 Å². The Morgan fingerprint density at radius 2 is 1.63 bits per heavy atom. The first-order valence-corrected chi connectivity index (χ1v) is 12.6. The van der Waals surface area contributed by atoms with Crippen molar-refractivity contribution in [2.24, 2.45) is 0 Å². The predicted octanol–water partition coefficient (Wildman–Crippen LogP) is 3.22. The molecule has 0 unspecified atom stereocenters. The molecule has 2 heterocycles. The van der Waals surface area contributed by atoms with Crippen LogP contribution in [0.15, 0.2) is 83.9 Å². The minimum Gasteiger partial charge on any atom is -0.497 e. The van der Waals surface area contributed by atoms with Crippen LogP contribution in [0, 0.1) is 0 Å². The molecule has 0 radical (unpaired) electrons. The molecule has 0 atom stereocenters. The predicted molar refractivity (Wildman–Crippen MR) is 132 cm³/mol. The highest BCUT2D eigenvalue weighted by Gasteiger charge is 2.29. The Kier molecular flexibility index (Phi) is 7.79. The van der Waals surface area contributed by atoms with Crippen LogP contribution >= 0.6 is 0 Å². The van der Waals surface area contributed by atoms with Gasteiger partial charge in [0.2, 0.25) is 15.9 Å². The molecule has 0 bridgehead atoms. The molecule has 1 aliphatic rings. The maximum Gasteiger partial charge on any atom is 0.246 e. The molecule has 182 valence electrons. The molecule has 0 N–H and O–H groups in total. The molecule has 35 heavy (non-hydrogen) atoms. The lowest BCUT2D eigenvalue weighted by Gasteiger charge is -2.33. The highest BCUT2D eigenvalue weighted by atomic mass is 32.2. The average Bonchev–Trinajstić information content (AvgIpc) is 2.92. The smallest absolute Gasteiger partial charge is 0.246 e. The lowest BCUT2D eigenvalue weighted by atomic mass is 10.2. The first-order valence-electron chi connectivity index (χ1n) is 11.2. The second kappa shape index (κ2) is 11.2. The minimum atomic E-state index is -3.61. The Morgan fingerprint density at radius 3 is 2.26 bits per heavy atom. The van der Waals surface area contributed by atoms with Gasteiger partial charge in [-0.15, -0.1) is 0 Å². The average molecular weight is 494 g/mol. The van der Waals surface area contributed by atoms with Crippen molar-refractivity contribution in [1.82, 2.24) is 14.2 Å². The number of carbonyl (C=O) groups is 1. The molecule has 1 saturated heterocycles. The van der Waals surface area contributed by atoms with Crippen LogP contribution in [0.5, 0.6) is 11.5 Å². The molecule has 0 spiro atoms. The monoisotopic (exact) mass is 493 g/mol.